The van der Waals surface area contributed by atoms with Gasteiger partial charge in [0.2, 0.25) is 5.82 Å². The Balaban J connectivity index is 2.13. The number of aryl methyl sites for hydroxylation is 1. The molecule has 0 saturated carbocycles. The zero-order valence-corrected chi connectivity index (χ0v) is 10.7. The standard InChI is InChI=1S/C10H10ClN5O3/c1-15-13-10(12-14-15)6-19-9-3-2-8(16(17)18)4-7(9)5-11/h2-4H,5-6H2,1H3. The van der Waals surface area contributed by atoms with Crippen LogP contribution in [0.3, 0.4) is 0 Å². The number of tetrazole rings is 1. The minimum Gasteiger partial charge on any atom is -0.485 e. The van der Waals surface area contributed by atoms with E-state index in [2.05, 4.69) is 15.4 Å². The Morgan fingerprint density at radius 2 is 2.32 bits per heavy atom. The van der Waals surface area contributed by atoms with E-state index in [9.17, 15) is 10.1 Å². The van der Waals surface area contributed by atoms with E-state index >= 15 is 0 Å². The number of benzene rings is 1. The van der Waals surface area contributed by atoms with Gasteiger partial charge in [0, 0.05) is 17.7 Å². The number of non-ortho nitro benzene ring substituents is 1. The van der Waals surface area contributed by atoms with Gasteiger partial charge in [0.25, 0.3) is 5.69 Å². The Morgan fingerprint density at radius 3 is 2.89 bits per heavy atom. The summed E-state index contributed by atoms with van der Waals surface area (Å²) in [6, 6.07) is 4.24. The molecule has 19 heavy (non-hydrogen) atoms. The van der Waals surface area contributed by atoms with E-state index in [0.29, 0.717) is 17.1 Å². The maximum Gasteiger partial charge on any atom is 0.270 e. The fraction of sp³-hybridized carbons (Fsp3) is 0.300. The second-order valence-corrected chi connectivity index (χ2v) is 3.93. The van der Waals surface area contributed by atoms with Crippen LogP contribution in [0.25, 0.3) is 0 Å². The molecule has 1 heterocycles. The van der Waals surface area contributed by atoms with E-state index in [1.807, 2.05) is 0 Å². The van der Waals surface area contributed by atoms with Crippen LogP contribution in [0.5, 0.6) is 5.75 Å². The third-order valence-corrected chi connectivity index (χ3v) is 2.59. The van der Waals surface area contributed by atoms with Crippen molar-refractivity contribution in [1.82, 2.24) is 20.2 Å². The largest absolute Gasteiger partial charge is 0.485 e. The molecule has 0 unspecified atom stereocenters. The Hall–Kier alpha value is -2.22. The molecule has 0 fully saturated rings. The summed E-state index contributed by atoms with van der Waals surface area (Å²) in [5.74, 6) is 1.000. The number of hydrogen-bond donors (Lipinski definition) is 0. The van der Waals surface area contributed by atoms with Crippen molar-refractivity contribution in [3.63, 3.8) is 0 Å². The summed E-state index contributed by atoms with van der Waals surface area (Å²) in [7, 11) is 1.65. The highest BCUT2D eigenvalue weighted by atomic mass is 35.5. The van der Waals surface area contributed by atoms with Crippen molar-refractivity contribution < 1.29 is 9.66 Å². The molecule has 0 aliphatic rings. The first-order valence-corrected chi connectivity index (χ1v) is 5.82. The highest BCUT2D eigenvalue weighted by Crippen LogP contribution is 2.26. The van der Waals surface area contributed by atoms with Crippen LogP contribution in [0.1, 0.15) is 11.4 Å². The summed E-state index contributed by atoms with van der Waals surface area (Å²) in [5, 5.41) is 22.0. The highest BCUT2D eigenvalue weighted by Gasteiger charge is 2.12. The first kappa shape index (κ1) is 13.2. The van der Waals surface area contributed by atoms with Crippen LogP contribution in [0.2, 0.25) is 0 Å². The van der Waals surface area contributed by atoms with Crippen LogP contribution in [0, 0.1) is 10.1 Å². The van der Waals surface area contributed by atoms with Gasteiger partial charge in [0.1, 0.15) is 5.75 Å². The second kappa shape index (κ2) is 5.61. The first-order chi connectivity index (χ1) is 9.10. The molecule has 0 bridgehead atoms. The van der Waals surface area contributed by atoms with E-state index in [-0.39, 0.29) is 18.2 Å². The lowest BCUT2D eigenvalue weighted by Crippen LogP contribution is -2.01. The van der Waals surface area contributed by atoms with Crippen molar-refractivity contribution in [1.29, 1.82) is 0 Å². The van der Waals surface area contributed by atoms with E-state index < -0.39 is 4.92 Å². The maximum absolute atomic E-state index is 10.7. The fourth-order valence-corrected chi connectivity index (χ4v) is 1.66. The lowest BCUT2D eigenvalue weighted by atomic mass is 10.2. The molecule has 0 radical (unpaired) electrons. The Labute approximate surface area is 113 Å². The maximum atomic E-state index is 10.7. The van der Waals surface area contributed by atoms with Gasteiger partial charge in [-0.05, 0) is 11.3 Å². The van der Waals surface area contributed by atoms with E-state index in [4.69, 9.17) is 16.3 Å². The van der Waals surface area contributed by atoms with Gasteiger partial charge in [-0.3, -0.25) is 10.1 Å². The van der Waals surface area contributed by atoms with Crippen LogP contribution in [0.15, 0.2) is 18.2 Å². The number of ether oxygens (including phenoxy) is 1. The molecule has 0 saturated heterocycles. The summed E-state index contributed by atoms with van der Waals surface area (Å²) in [5.41, 5.74) is 0.514. The molecule has 0 atom stereocenters. The third-order valence-electron chi connectivity index (χ3n) is 2.31. The predicted molar refractivity (Wildman–Crippen MR) is 65.8 cm³/mol. The number of rotatable bonds is 5. The third kappa shape index (κ3) is 3.16. The molecule has 2 rings (SSSR count). The topological polar surface area (TPSA) is 96.0 Å². The minimum absolute atomic E-state index is 0.0272. The Kier molecular flexibility index (Phi) is 3.91. The van der Waals surface area contributed by atoms with E-state index in [1.54, 1.807) is 7.05 Å². The molecule has 0 aliphatic heterocycles. The normalized spacial score (nSPS) is 10.4. The number of aromatic nitrogens is 4. The quantitative estimate of drug-likeness (QED) is 0.468. The van der Waals surface area contributed by atoms with Gasteiger partial charge in [0.15, 0.2) is 6.61 Å². The summed E-state index contributed by atoms with van der Waals surface area (Å²) < 4.78 is 5.48. The number of alkyl halides is 1. The molecular formula is C10H10ClN5O3. The summed E-state index contributed by atoms with van der Waals surface area (Å²) in [4.78, 5) is 11.5. The zero-order chi connectivity index (χ0) is 13.8. The van der Waals surface area contributed by atoms with Crippen molar-refractivity contribution in [3.8, 4) is 5.75 Å². The molecule has 0 amide bonds. The molecule has 1 aromatic heterocycles. The van der Waals surface area contributed by atoms with Crippen LogP contribution >= 0.6 is 11.6 Å². The lowest BCUT2D eigenvalue weighted by Gasteiger charge is -2.07. The average molecular weight is 284 g/mol. The summed E-state index contributed by atoms with van der Waals surface area (Å²) in [6.07, 6.45) is 0. The van der Waals surface area contributed by atoms with E-state index in [0.717, 1.165) is 0 Å². The molecule has 9 heteroatoms. The smallest absolute Gasteiger partial charge is 0.270 e. The van der Waals surface area contributed by atoms with Crippen LogP contribution in [-0.2, 0) is 19.5 Å². The van der Waals surface area contributed by atoms with Crippen LogP contribution < -0.4 is 4.74 Å². The molecule has 1 aromatic carbocycles. The van der Waals surface area contributed by atoms with Gasteiger partial charge in [-0.2, -0.15) is 4.80 Å². The molecule has 0 aliphatic carbocycles. The molecular weight excluding hydrogens is 274 g/mol. The molecule has 0 N–H and O–H groups in total. The van der Waals surface area contributed by atoms with Gasteiger partial charge < -0.3 is 4.74 Å². The van der Waals surface area contributed by atoms with Crippen LogP contribution in [-0.4, -0.2) is 25.1 Å². The SMILES string of the molecule is Cn1nnc(COc2ccc([N+](=O)[O-])cc2CCl)n1. The van der Waals surface area contributed by atoms with Crippen molar-refractivity contribution in [2.75, 3.05) is 0 Å². The van der Waals surface area contributed by atoms with Gasteiger partial charge in [0.05, 0.1) is 17.9 Å². The number of nitro groups is 1. The molecule has 100 valence electrons. The Morgan fingerprint density at radius 1 is 1.53 bits per heavy atom. The van der Waals surface area contributed by atoms with Gasteiger partial charge >= 0.3 is 0 Å². The minimum atomic E-state index is -0.482. The van der Waals surface area contributed by atoms with Gasteiger partial charge in [-0.15, -0.1) is 21.8 Å². The van der Waals surface area contributed by atoms with Crippen LogP contribution in [0.4, 0.5) is 5.69 Å². The van der Waals surface area contributed by atoms with E-state index in [1.165, 1.54) is 23.0 Å². The Bertz CT molecular complexity index is 601. The molecule has 8 nitrogen and oxygen atoms in total. The van der Waals surface area contributed by atoms with Crippen molar-refractivity contribution in [2.45, 2.75) is 12.5 Å². The second-order valence-electron chi connectivity index (χ2n) is 3.67. The van der Waals surface area contributed by atoms with Crippen molar-refractivity contribution in [2.24, 2.45) is 7.05 Å². The summed E-state index contributed by atoms with van der Waals surface area (Å²) in [6.45, 7) is 0.121. The number of nitrogens with zero attached hydrogens (tertiary/aromatic N) is 5. The average Bonchev–Trinajstić information content (AvgIpc) is 2.81. The van der Waals surface area contributed by atoms with Gasteiger partial charge in [-0.25, -0.2) is 0 Å². The molecule has 2 aromatic rings. The number of hydrogen-bond acceptors (Lipinski definition) is 6. The monoisotopic (exact) mass is 283 g/mol. The zero-order valence-electron chi connectivity index (χ0n) is 9.99. The fourth-order valence-electron chi connectivity index (χ4n) is 1.45. The lowest BCUT2D eigenvalue weighted by molar-refractivity contribution is -0.384. The van der Waals surface area contributed by atoms with Crippen molar-refractivity contribution >= 4 is 17.3 Å². The van der Waals surface area contributed by atoms with Crippen molar-refractivity contribution in [3.05, 3.63) is 39.7 Å². The predicted octanol–water partition coefficient (Wildman–Crippen LogP) is 1.44. The highest BCUT2D eigenvalue weighted by molar-refractivity contribution is 6.17. The number of halogens is 1. The summed E-state index contributed by atoms with van der Waals surface area (Å²) >= 11 is 5.74. The first-order valence-electron chi connectivity index (χ1n) is 5.29. The molecule has 0 spiro atoms. The van der Waals surface area contributed by atoms with Gasteiger partial charge in [-0.1, -0.05) is 0 Å². The number of nitro benzene ring substituents is 1.